The van der Waals surface area contributed by atoms with Gasteiger partial charge in [-0.3, -0.25) is 0 Å². The van der Waals surface area contributed by atoms with E-state index < -0.39 is 5.82 Å². The van der Waals surface area contributed by atoms with Crippen LogP contribution >= 0.6 is 34.2 Å². The van der Waals surface area contributed by atoms with Crippen LogP contribution in [-0.2, 0) is 13.2 Å². The van der Waals surface area contributed by atoms with Crippen molar-refractivity contribution < 1.29 is 13.9 Å². The van der Waals surface area contributed by atoms with Crippen LogP contribution in [-0.4, -0.2) is 7.11 Å². The van der Waals surface area contributed by atoms with Crippen LogP contribution in [0.25, 0.3) is 0 Å². The van der Waals surface area contributed by atoms with Crippen molar-refractivity contribution in [2.45, 2.75) is 20.1 Å². The molecule has 0 radical (unpaired) electrons. The third-order valence-corrected chi connectivity index (χ3v) is 5.30. The van der Waals surface area contributed by atoms with Crippen molar-refractivity contribution in [3.63, 3.8) is 0 Å². The molecule has 0 amide bonds. The van der Waals surface area contributed by atoms with Crippen LogP contribution in [0.3, 0.4) is 0 Å². The number of benzene rings is 3. The van der Waals surface area contributed by atoms with Crippen molar-refractivity contribution in [1.82, 2.24) is 0 Å². The number of methoxy groups -OCH3 is 1. The molecule has 28 heavy (non-hydrogen) atoms. The number of aryl methyl sites for hydroxylation is 1. The highest BCUT2D eigenvalue weighted by molar-refractivity contribution is 14.1. The number of hydrogen-bond acceptors (Lipinski definition) is 3. The maximum atomic E-state index is 13.3. The standard InChI is InChI=1S/C22H20ClFINO2/c1-14-3-5-15(6-4-14)13-28-22-20(25)9-16(10-21(22)27-2)12-26-17-7-8-19(24)18(23)11-17/h3-11,26H,12-13H2,1-2H3. The summed E-state index contributed by atoms with van der Waals surface area (Å²) in [6.45, 7) is 3.08. The average Bonchev–Trinajstić information content (AvgIpc) is 2.69. The van der Waals surface area contributed by atoms with Crippen LogP contribution in [0.4, 0.5) is 10.1 Å². The van der Waals surface area contributed by atoms with Crippen LogP contribution in [0.1, 0.15) is 16.7 Å². The minimum Gasteiger partial charge on any atom is -0.493 e. The van der Waals surface area contributed by atoms with Gasteiger partial charge in [0.2, 0.25) is 0 Å². The van der Waals surface area contributed by atoms with Crippen LogP contribution in [0.5, 0.6) is 11.5 Å². The smallest absolute Gasteiger partial charge is 0.174 e. The molecule has 0 unspecified atom stereocenters. The molecule has 0 heterocycles. The Balaban J connectivity index is 1.71. The number of ether oxygens (including phenoxy) is 2. The molecule has 0 aliphatic rings. The molecule has 0 bridgehead atoms. The quantitative estimate of drug-likeness (QED) is 0.363. The van der Waals surface area contributed by atoms with Gasteiger partial charge in [0.25, 0.3) is 0 Å². The highest BCUT2D eigenvalue weighted by Crippen LogP contribution is 2.35. The molecule has 0 fully saturated rings. The summed E-state index contributed by atoms with van der Waals surface area (Å²) >= 11 is 8.07. The van der Waals surface area contributed by atoms with Crippen molar-refractivity contribution in [3.8, 4) is 11.5 Å². The van der Waals surface area contributed by atoms with Gasteiger partial charge < -0.3 is 14.8 Å². The topological polar surface area (TPSA) is 30.5 Å². The maximum Gasteiger partial charge on any atom is 0.174 e. The summed E-state index contributed by atoms with van der Waals surface area (Å²) in [5, 5.41) is 3.33. The van der Waals surface area contributed by atoms with Crippen molar-refractivity contribution in [1.29, 1.82) is 0 Å². The lowest BCUT2D eigenvalue weighted by Crippen LogP contribution is -2.04. The largest absolute Gasteiger partial charge is 0.493 e. The van der Waals surface area contributed by atoms with E-state index in [2.05, 4.69) is 59.1 Å². The van der Waals surface area contributed by atoms with E-state index in [1.165, 1.54) is 11.6 Å². The van der Waals surface area contributed by atoms with Gasteiger partial charge in [0.05, 0.1) is 15.7 Å². The highest BCUT2D eigenvalue weighted by atomic mass is 127. The molecule has 3 aromatic rings. The monoisotopic (exact) mass is 511 g/mol. The second-order valence-corrected chi connectivity index (χ2v) is 7.94. The zero-order valence-electron chi connectivity index (χ0n) is 15.6. The fourth-order valence-corrected chi connectivity index (χ4v) is 3.67. The van der Waals surface area contributed by atoms with Crippen molar-refractivity contribution >= 4 is 39.9 Å². The van der Waals surface area contributed by atoms with Crippen LogP contribution < -0.4 is 14.8 Å². The molecule has 0 spiro atoms. The van der Waals surface area contributed by atoms with E-state index in [0.29, 0.717) is 18.9 Å². The van der Waals surface area contributed by atoms with Crippen molar-refractivity contribution in [3.05, 3.63) is 85.7 Å². The maximum absolute atomic E-state index is 13.3. The Morgan fingerprint density at radius 1 is 1.04 bits per heavy atom. The van der Waals surface area contributed by atoms with Crippen LogP contribution in [0, 0.1) is 16.3 Å². The summed E-state index contributed by atoms with van der Waals surface area (Å²) < 4.78 is 25.8. The van der Waals surface area contributed by atoms with E-state index >= 15 is 0 Å². The van der Waals surface area contributed by atoms with Gasteiger partial charge in [-0.25, -0.2) is 4.39 Å². The molecule has 0 aliphatic heterocycles. The number of hydrogen-bond donors (Lipinski definition) is 1. The molecule has 3 aromatic carbocycles. The van der Waals surface area contributed by atoms with E-state index in [-0.39, 0.29) is 5.02 Å². The summed E-state index contributed by atoms with van der Waals surface area (Å²) in [7, 11) is 1.63. The fourth-order valence-electron chi connectivity index (χ4n) is 2.67. The molecule has 0 atom stereocenters. The highest BCUT2D eigenvalue weighted by Gasteiger charge is 2.12. The summed E-state index contributed by atoms with van der Waals surface area (Å²) in [5.41, 5.74) is 4.09. The lowest BCUT2D eigenvalue weighted by Gasteiger charge is -2.15. The van der Waals surface area contributed by atoms with Gasteiger partial charge in [0, 0.05) is 12.2 Å². The van der Waals surface area contributed by atoms with Gasteiger partial charge >= 0.3 is 0 Å². The normalized spacial score (nSPS) is 10.6. The number of nitrogens with one attached hydrogen (secondary N) is 1. The Hall–Kier alpha value is -1.99. The van der Waals surface area contributed by atoms with E-state index in [4.69, 9.17) is 21.1 Å². The molecule has 3 rings (SSSR count). The van der Waals surface area contributed by atoms with E-state index in [0.717, 1.165) is 26.1 Å². The molecule has 6 heteroatoms. The second kappa shape index (κ2) is 9.47. The first-order chi connectivity index (χ1) is 13.5. The molecule has 0 aromatic heterocycles. The first-order valence-electron chi connectivity index (χ1n) is 8.70. The van der Waals surface area contributed by atoms with Crippen LogP contribution in [0.15, 0.2) is 54.6 Å². The molecule has 0 aliphatic carbocycles. The molecular weight excluding hydrogens is 492 g/mol. The Morgan fingerprint density at radius 3 is 2.46 bits per heavy atom. The summed E-state index contributed by atoms with van der Waals surface area (Å²) in [4.78, 5) is 0. The lowest BCUT2D eigenvalue weighted by molar-refractivity contribution is 0.282. The molecular formula is C22H20ClFINO2. The predicted molar refractivity (Wildman–Crippen MR) is 120 cm³/mol. The molecule has 0 saturated heterocycles. The minimum absolute atomic E-state index is 0.0945. The average molecular weight is 512 g/mol. The summed E-state index contributed by atoms with van der Waals surface area (Å²) in [5.74, 6) is 0.962. The van der Waals surface area contributed by atoms with Crippen LogP contribution in [0.2, 0.25) is 5.02 Å². The van der Waals surface area contributed by atoms with Gasteiger partial charge in [-0.05, 0) is 71.0 Å². The molecule has 146 valence electrons. The first kappa shape index (κ1) is 20.7. The zero-order chi connectivity index (χ0) is 20.1. The SMILES string of the molecule is COc1cc(CNc2ccc(F)c(Cl)c2)cc(I)c1OCc1ccc(C)cc1. The number of anilines is 1. The van der Waals surface area contributed by atoms with Gasteiger partial charge in [0.1, 0.15) is 12.4 Å². The fraction of sp³-hybridized carbons (Fsp3) is 0.182. The minimum atomic E-state index is -0.432. The Morgan fingerprint density at radius 2 is 1.79 bits per heavy atom. The summed E-state index contributed by atoms with van der Waals surface area (Å²) in [6.07, 6.45) is 0. The second-order valence-electron chi connectivity index (χ2n) is 6.37. The number of rotatable bonds is 7. The van der Waals surface area contributed by atoms with Gasteiger partial charge in [-0.1, -0.05) is 41.4 Å². The molecule has 1 N–H and O–H groups in total. The predicted octanol–water partition coefficient (Wildman–Crippen LogP) is 6.59. The van der Waals surface area contributed by atoms with Crippen molar-refractivity contribution in [2.75, 3.05) is 12.4 Å². The van der Waals surface area contributed by atoms with Gasteiger partial charge in [-0.15, -0.1) is 0 Å². The first-order valence-corrected chi connectivity index (χ1v) is 10.2. The number of halogens is 3. The third-order valence-electron chi connectivity index (χ3n) is 4.21. The summed E-state index contributed by atoms with van der Waals surface area (Å²) in [6, 6.07) is 16.8. The van der Waals surface area contributed by atoms with Crippen molar-refractivity contribution in [2.24, 2.45) is 0 Å². The Labute approximate surface area is 183 Å². The molecule has 3 nitrogen and oxygen atoms in total. The lowest BCUT2D eigenvalue weighted by atomic mass is 10.1. The van der Waals surface area contributed by atoms with E-state index in [1.807, 2.05) is 12.1 Å². The van der Waals surface area contributed by atoms with E-state index in [1.54, 1.807) is 19.2 Å². The molecule has 0 saturated carbocycles. The zero-order valence-corrected chi connectivity index (χ0v) is 18.5. The Bertz CT molecular complexity index is 963. The Kier molecular flexibility index (Phi) is 7.02. The van der Waals surface area contributed by atoms with Gasteiger partial charge in [0.15, 0.2) is 11.5 Å². The third kappa shape index (κ3) is 5.29. The van der Waals surface area contributed by atoms with E-state index in [9.17, 15) is 4.39 Å². The van der Waals surface area contributed by atoms with Gasteiger partial charge in [-0.2, -0.15) is 0 Å².